The van der Waals surface area contributed by atoms with Gasteiger partial charge in [-0.05, 0) is 19.4 Å². The maximum atomic E-state index is 8.94. The molecule has 3 heteroatoms. The summed E-state index contributed by atoms with van der Waals surface area (Å²) in [5, 5.41) is 8.94. The molecule has 0 aliphatic carbocycles. The Hall–Kier alpha value is -0.0500. The Balaban J connectivity index is 2.31. The zero-order chi connectivity index (χ0) is 8.10. The van der Waals surface area contributed by atoms with Gasteiger partial charge in [-0.25, -0.2) is 0 Å². The summed E-state index contributed by atoms with van der Waals surface area (Å²) in [4.78, 5) is 2.25. The van der Waals surface area contributed by atoms with Crippen molar-refractivity contribution in [2.45, 2.75) is 18.9 Å². The molecule has 0 aromatic heterocycles. The molecule has 1 N–H and O–H groups in total. The van der Waals surface area contributed by atoms with Gasteiger partial charge in [0.2, 0.25) is 0 Å². The van der Waals surface area contributed by atoms with E-state index < -0.39 is 0 Å². The predicted molar refractivity (Wildman–Crippen MR) is 46.7 cm³/mol. The van der Waals surface area contributed by atoms with Crippen molar-refractivity contribution in [1.29, 1.82) is 0 Å². The SMILES string of the molecule is OCC1CCCN1CC=CCl. The first-order chi connectivity index (χ1) is 5.38. The summed E-state index contributed by atoms with van der Waals surface area (Å²) in [6, 6.07) is 0.364. The predicted octanol–water partition coefficient (Wildman–Crippen LogP) is 1.20. The molecule has 1 heterocycles. The van der Waals surface area contributed by atoms with Crippen LogP contribution in [0.25, 0.3) is 0 Å². The van der Waals surface area contributed by atoms with Crippen LogP contribution in [0.1, 0.15) is 12.8 Å². The summed E-state index contributed by atoms with van der Waals surface area (Å²) in [5.74, 6) is 0. The van der Waals surface area contributed by atoms with Crippen molar-refractivity contribution in [3.05, 3.63) is 11.6 Å². The third kappa shape index (κ3) is 2.47. The Kier molecular flexibility index (Phi) is 3.91. The molecule has 1 unspecified atom stereocenters. The zero-order valence-corrected chi connectivity index (χ0v) is 7.30. The van der Waals surface area contributed by atoms with Crippen LogP contribution in [0.4, 0.5) is 0 Å². The Bertz CT molecular complexity index is 138. The van der Waals surface area contributed by atoms with Crippen molar-refractivity contribution in [3.8, 4) is 0 Å². The zero-order valence-electron chi connectivity index (χ0n) is 6.54. The summed E-state index contributed by atoms with van der Waals surface area (Å²) in [6.07, 6.45) is 4.23. The number of rotatable bonds is 3. The van der Waals surface area contributed by atoms with Crippen molar-refractivity contribution < 1.29 is 5.11 Å². The fourth-order valence-corrected chi connectivity index (χ4v) is 1.60. The Labute approximate surface area is 72.5 Å². The highest BCUT2D eigenvalue weighted by Gasteiger charge is 2.21. The highest BCUT2D eigenvalue weighted by atomic mass is 35.5. The number of aliphatic hydroxyl groups is 1. The molecule has 2 nitrogen and oxygen atoms in total. The van der Waals surface area contributed by atoms with Crippen molar-refractivity contribution in [2.24, 2.45) is 0 Å². The average molecular weight is 176 g/mol. The van der Waals surface area contributed by atoms with E-state index in [0.29, 0.717) is 6.04 Å². The lowest BCUT2D eigenvalue weighted by molar-refractivity contribution is 0.170. The van der Waals surface area contributed by atoms with E-state index in [0.717, 1.165) is 19.5 Å². The molecule has 0 amide bonds. The minimum absolute atomic E-state index is 0.274. The molecule has 1 fully saturated rings. The van der Waals surface area contributed by atoms with E-state index in [4.69, 9.17) is 16.7 Å². The van der Waals surface area contributed by atoms with Crippen LogP contribution in [0, 0.1) is 0 Å². The van der Waals surface area contributed by atoms with Gasteiger partial charge in [0.15, 0.2) is 0 Å². The van der Waals surface area contributed by atoms with E-state index in [1.165, 1.54) is 12.0 Å². The molecule has 1 atom stereocenters. The van der Waals surface area contributed by atoms with Gasteiger partial charge in [0, 0.05) is 18.1 Å². The molecule has 0 saturated carbocycles. The van der Waals surface area contributed by atoms with Gasteiger partial charge in [-0.2, -0.15) is 0 Å². The van der Waals surface area contributed by atoms with Crippen LogP contribution in [0.15, 0.2) is 11.6 Å². The summed E-state index contributed by atoms with van der Waals surface area (Å²) in [7, 11) is 0. The van der Waals surface area contributed by atoms with Crippen LogP contribution in [0.5, 0.6) is 0 Å². The molecule has 1 rings (SSSR count). The Morgan fingerprint density at radius 1 is 1.64 bits per heavy atom. The van der Waals surface area contributed by atoms with Crippen LogP contribution in [0.3, 0.4) is 0 Å². The third-order valence-electron chi connectivity index (χ3n) is 2.14. The number of likely N-dealkylation sites (tertiary alicyclic amines) is 1. The largest absolute Gasteiger partial charge is 0.395 e. The van der Waals surface area contributed by atoms with E-state index in [-0.39, 0.29) is 6.61 Å². The molecule has 0 aromatic carbocycles. The second-order valence-electron chi connectivity index (χ2n) is 2.84. The highest BCUT2D eigenvalue weighted by molar-refractivity contribution is 6.25. The average Bonchev–Trinajstić information content (AvgIpc) is 2.47. The monoisotopic (exact) mass is 175 g/mol. The topological polar surface area (TPSA) is 23.5 Å². The smallest absolute Gasteiger partial charge is 0.0587 e. The quantitative estimate of drug-likeness (QED) is 0.697. The molecule has 0 spiro atoms. The Morgan fingerprint density at radius 2 is 2.45 bits per heavy atom. The lowest BCUT2D eigenvalue weighted by atomic mass is 10.2. The fraction of sp³-hybridized carbons (Fsp3) is 0.750. The van der Waals surface area contributed by atoms with Gasteiger partial charge >= 0.3 is 0 Å². The normalized spacial score (nSPS) is 26.9. The molecule has 64 valence electrons. The van der Waals surface area contributed by atoms with Gasteiger partial charge in [0.05, 0.1) is 6.61 Å². The number of hydrogen-bond donors (Lipinski definition) is 1. The maximum absolute atomic E-state index is 8.94. The van der Waals surface area contributed by atoms with E-state index >= 15 is 0 Å². The number of aliphatic hydroxyl groups excluding tert-OH is 1. The molecule has 1 saturated heterocycles. The van der Waals surface area contributed by atoms with Gasteiger partial charge in [0.25, 0.3) is 0 Å². The van der Waals surface area contributed by atoms with E-state index in [1.54, 1.807) is 0 Å². The van der Waals surface area contributed by atoms with Crippen molar-refractivity contribution >= 4 is 11.6 Å². The summed E-state index contributed by atoms with van der Waals surface area (Å²) in [6.45, 7) is 2.23. The molecule has 11 heavy (non-hydrogen) atoms. The third-order valence-corrected chi connectivity index (χ3v) is 2.32. The Morgan fingerprint density at radius 3 is 3.09 bits per heavy atom. The number of nitrogens with zero attached hydrogens (tertiary/aromatic N) is 1. The first-order valence-corrected chi connectivity index (χ1v) is 4.42. The van der Waals surface area contributed by atoms with Crippen LogP contribution < -0.4 is 0 Å². The first kappa shape index (κ1) is 9.04. The van der Waals surface area contributed by atoms with Gasteiger partial charge in [-0.3, -0.25) is 4.90 Å². The van der Waals surface area contributed by atoms with E-state index in [1.807, 2.05) is 6.08 Å². The molecule has 0 radical (unpaired) electrons. The van der Waals surface area contributed by atoms with Crippen molar-refractivity contribution in [1.82, 2.24) is 4.90 Å². The highest BCUT2D eigenvalue weighted by Crippen LogP contribution is 2.15. The molecule has 0 aromatic rings. The van der Waals surface area contributed by atoms with Gasteiger partial charge in [0.1, 0.15) is 0 Å². The van der Waals surface area contributed by atoms with E-state index in [9.17, 15) is 0 Å². The van der Waals surface area contributed by atoms with Crippen LogP contribution in [-0.2, 0) is 0 Å². The first-order valence-electron chi connectivity index (χ1n) is 3.98. The molecular weight excluding hydrogens is 162 g/mol. The number of halogens is 1. The standard InChI is InChI=1S/C8H14ClNO/c9-4-2-6-10-5-1-3-8(10)7-11/h2,4,8,11H,1,3,5-7H2. The summed E-state index contributed by atoms with van der Waals surface area (Å²) < 4.78 is 0. The second kappa shape index (κ2) is 4.75. The molecule has 1 aliphatic rings. The van der Waals surface area contributed by atoms with Crippen molar-refractivity contribution in [2.75, 3.05) is 19.7 Å². The minimum Gasteiger partial charge on any atom is -0.395 e. The van der Waals surface area contributed by atoms with E-state index in [2.05, 4.69) is 4.90 Å². The molecule has 0 bridgehead atoms. The minimum atomic E-state index is 0.274. The van der Waals surface area contributed by atoms with Crippen LogP contribution >= 0.6 is 11.6 Å². The lowest BCUT2D eigenvalue weighted by Crippen LogP contribution is -2.32. The lowest BCUT2D eigenvalue weighted by Gasteiger charge is -2.20. The molecular formula is C8H14ClNO. The fourth-order valence-electron chi connectivity index (χ4n) is 1.52. The summed E-state index contributed by atoms with van der Waals surface area (Å²) >= 11 is 5.40. The van der Waals surface area contributed by atoms with Crippen LogP contribution in [-0.4, -0.2) is 35.7 Å². The second-order valence-corrected chi connectivity index (χ2v) is 3.09. The van der Waals surface area contributed by atoms with Gasteiger partial charge in [-0.1, -0.05) is 17.7 Å². The number of hydrogen-bond acceptors (Lipinski definition) is 2. The van der Waals surface area contributed by atoms with Gasteiger partial charge < -0.3 is 5.11 Å². The summed E-state index contributed by atoms with van der Waals surface area (Å²) in [5.41, 5.74) is 1.53. The van der Waals surface area contributed by atoms with Crippen LogP contribution in [0.2, 0.25) is 0 Å². The maximum Gasteiger partial charge on any atom is 0.0587 e. The molecule has 1 aliphatic heterocycles. The van der Waals surface area contributed by atoms with Crippen molar-refractivity contribution in [3.63, 3.8) is 0 Å². The van der Waals surface area contributed by atoms with Gasteiger partial charge in [-0.15, -0.1) is 0 Å².